The molecule has 2 heteroatoms. The summed E-state index contributed by atoms with van der Waals surface area (Å²) < 4.78 is 1.66. The molecule has 1 rings (SSSR count). The SMILES string of the molecule is C#CC[N+](CCCCCCCCCC)(CCCCCCCCCC)C(I)Cc1ccccc1. The highest BCUT2D eigenvalue weighted by atomic mass is 127. The first-order valence-electron chi connectivity index (χ1n) is 14.2. The number of alkyl halides is 1. The van der Waals surface area contributed by atoms with Gasteiger partial charge in [0.15, 0.2) is 0 Å². The van der Waals surface area contributed by atoms with Crippen LogP contribution in [0.15, 0.2) is 30.3 Å². The van der Waals surface area contributed by atoms with Crippen molar-refractivity contribution in [3.8, 4) is 12.3 Å². The van der Waals surface area contributed by atoms with Crippen LogP contribution in [0.2, 0.25) is 0 Å². The third-order valence-corrected chi connectivity index (χ3v) is 8.78. The monoisotopic (exact) mass is 566 g/mol. The van der Waals surface area contributed by atoms with Crippen molar-refractivity contribution in [1.82, 2.24) is 0 Å². The van der Waals surface area contributed by atoms with Gasteiger partial charge in [-0.05, 0) is 59.8 Å². The highest BCUT2D eigenvalue weighted by Crippen LogP contribution is 2.27. The summed E-state index contributed by atoms with van der Waals surface area (Å²) in [7, 11) is 0. The van der Waals surface area contributed by atoms with Crippen molar-refractivity contribution in [2.45, 2.75) is 127 Å². The van der Waals surface area contributed by atoms with Crippen LogP contribution >= 0.6 is 22.6 Å². The number of terminal acetylenes is 1. The molecular weight excluding hydrogens is 513 g/mol. The molecule has 0 saturated carbocycles. The van der Waals surface area contributed by atoms with E-state index in [2.05, 4.69) is 72.7 Å². The molecule has 0 heterocycles. The lowest BCUT2D eigenvalue weighted by Gasteiger charge is -2.42. The van der Waals surface area contributed by atoms with Crippen LogP contribution in [0.1, 0.15) is 122 Å². The van der Waals surface area contributed by atoms with Crippen molar-refractivity contribution in [1.29, 1.82) is 0 Å². The first-order valence-corrected chi connectivity index (χ1v) is 15.4. The molecule has 0 spiro atoms. The number of halogens is 1. The number of benzene rings is 1. The Morgan fingerprint density at radius 3 is 1.55 bits per heavy atom. The fourth-order valence-electron chi connectivity index (χ4n) is 4.95. The van der Waals surface area contributed by atoms with Crippen LogP contribution < -0.4 is 0 Å². The molecule has 0 amide bonds. The molecule has 0 fully saturated rings. The summed E-state index contributed by atoms with van der Waals surface area (Å²) in [6.45, 7) is 7.97. The van der Waals surface area contributed by atoms with E-state index >= 15 is 0 Å². The van der Waals surface area contributed by atoms with Gasteiger partial charge in [0.2, 0.25) is 0 Å². The molecule has 1 unspecified atom stereocenters. The van der Waals surface area contributed by atoms with Crippen molar-refractivity contribution >= 4 is 22.6 Å². The molecule has 0 N–H and O–H groups in total. The van der Waals surface area contributed by atoms with Crippen molar-refractivity contribution in [3.05, 3.63) is 35.9 Å². The van der Waals surface area contributed by atoms with E-state index in [9.17, 15) is 0 Å². The molecule has 0 radical (unpaired) electrons. The van der Waals surface area contributed by atoms with Crippen LogP contribution in [0.3, 0.4) is 0 Å². The fraction of sp³-hybridized carbons (Fsp3) is 0.742. The molecule has 0 aliphatic heterocycles. The average Bonchev–Trinajstić information content (AvgIpc) is 2.83. The number of hydrogen-bond donors (Lipinski definition) is 0. The lowest BCUT2D eigenvalue weighted by Crippen LogP contribution is -2.55. The summed E-state index contributed by atoms with van der Waals surface area (Å²) in [6, 6.07) is 11.0. The Labute approximate surface area is 221 Å². The lowest BCUT2D eigenvalue weighted by molar-refractivity contribution is -0.927. The number of quaternary nitrogens is 1. The van der Waals surface area contributed by atoms with Crippen molar-refractivity contribution < 1.29 is 4.48 Å². The highest BCUT2D eigenvalue weighted by Gasteiger charge is 2.33. The van der Waals surface area contributed by atoms with Crippen molar-refractivity contribution in [2.24, 2.45) is 0 Å². The van der Waals surface area contributed by atoms with Crippen LogP contribution in [0.5, 0.6) is 0 Å². The summed E-state index contributed by atoms with van der Waals surface area (Å²) in [5.74, 6) is 3.09. The Kier molecular flexibility index (Phi) is 19.2. The second kappa shape index (κ2) is 20.8. The van der Waals surface area contributed by atoms with Gasteiger partial charge in [0.25, 0.3) is 0 Å². The van der Waals surface area contributed by atoms with Gasteiger partial charge in [-0.2, -0.15) is 0 Å². The molecule has 0 saturated heterocycles. The van der Waals surface area contributed by atoms with Crippen molar-refractivity contribution in [2.75, 3.05) is 19.6 Å². The van der Waals surface area contributed by atoms with Gasteiger partial charge in [0.1, 0.15) is 10.6 Å². The Bertz CT molecular complexity index is 571. The van der Waals surface area contributed by atoms with E-state index in [-0.39, 0.29) is 0 Å². The highest BCUT2D eigenvalue weighted by molar-refractivity contribution is 14.1. The van der Waals surface area contributed by atoms with Crippen LogP contribution in [-0.4, -0.2) is 28.2 Å². The molecule has 0 aliphatic rings. The Balaban J connectivity index is 2.60. The zero-order chi connectivity index (χ0) is 24.0. The minimum Gasteiger partial charge on any atom is -0.303 e. The fourth-order valence-corrected chi connectivity index (χ4v) is 6.22. The van der Waals surface area contributed by atoms with Gasteiger partial charge >= 0.3 is 0 Å². The minimum atomic E-state index is 0.551. The minimum absolute atomic E-state index is 0.551. The number of rotatable bonds is 22. The van der Waals surface area contributed by atoms with Gasteiger partial charge in [-0.1, -0.05) is 121 Å². The van der Waals surface area contributed by atoms with E-state index in [1.165, 1.54) is 121 Å². The average molecular weight is 567 g/mol. The summed E-state index contributed by atoms with van der Waals surface area (Å²) in [4.78, 5) is 0. The number of hydrogen-bond acceptors (Lipinski definition) is 0. The maximum absolute atomic E-state index is 5.97. The quantitative estimate of drug-likeness (QED) is 0.0327. The zero-order valence-corrected chi connectivity index (χ0v) is 24.2. The molecule has 0 aliphatic carbocycles. The molecule has 1 nitrogen and oxygen atoms in total. The van der Waals surface area contributed by atoms with E-state index in [1.807, 2.05) is 0 Å². The third kappa shape index (κ3) is 14.5. The van der Waals surface area contributed by atoms with E-state index < -0.39 is 0 Å². The van der Waals surface area contributed by atoms with Gasteiger partial charge in [-0.15, -0.1) is 6.42 Å². The van der Waals surface area contributed by atoms with Gasteiger partial charge in [0, 0.05) is 6.42 Å². The van der Waals surface area contributed by atoms with Crippen LogP contribution in [-0.2, 0) is 6.42 Å². The summed E-state index contributed by atoms with van der Waals surface area (Å²) in [6.07, 6.45) is 29.2. The largest absolute Gasteiger partial charge is 0.303 e. The molecule has 188 valence electrons. The van der Waals surface area contributed by atoms with E-state index in [0.29, 0.717) is 4.05 Å². The van der Waals surface area contributed by atoms with Gasteiger partial charge < -0.3 is 4.48 Å². The van der Waals surface area contributed by atoms with Gasteiger partial charge in [0.05, 0.1) is 13.1 Å². The van der Waals surface area contributed by atoms with E-state index in [1.54, 1.807) is 0 Å². The molecular formula is C31H53IN+. The first kappa shape index (κ1) is 30.5. The zero-order valence-electron chi connectivity index (χ0n) is 22.0. The lowest BCUT2D eigenvalue weighted by atomic mass is 10.0. The topological polar surface area (TPSA) is 0 Å². The Morgan fingerprint density at radius 1 is 0.697 bits per heavy atom. The molecule has 1 aromatic carbocycles. The summed E-state index contributed by atoms with van der Waals surface area (Å²) in [5.41, 5.74) is 1.45. The van der Waals surface area contributed by atoms with Crippen molar-refractivity contribution in [3.63, 3.8) is 0 Å². The first-order chi connectivity index (χ1) is 16.2. The van der Waals surface area contributed by atoms with Gasteiger partial charge in [-0.25, -0.2) is 0 Å². The standard InChI is InChI=1S/C31H53IN/c1-4-7-9-11-13-15-17-22-27-33(26-6-3,28-23-18-16-14-12-10-8-5-2)31(32)29-30-24-20-19-21-25-30/h3,19-21,24-25,31H,4-5,7-18,22-23,26-29H2,1-2H3/q+1. The van der Waals surface area contributed by atoms with Crippen LogP contribution in [0.25, 0.3) is 0 Å². The Morgan fingerprint density at radius 2 is 1.12 bits per heavy atom. The van der Waals surface area contributed by atoms with E-state index in [0.717, 1.165) is 17.4 Å². The predicted octanol–water partition coefficient (Wildman–Crippen LogP) is 9.72. The van der Waals surface area contributed by atoms with E-state index in [4.69, 9.17) is 6.42 Å². The number of unbranched alkanes of at least 4 members (excludes halogenated alkanes) is 14. The van der Waals surface area contributed by atoms with Crippen LogP contribution in [0, 0.1) is 12.3 Å². The maximum atomic E-state index is 5.97. The molecule has 33 heavy (non-hydrogen) atoms. The van der Waals surface area contributed by atoms with Gasteiger partial charge in [-0.3, -0.25) is 0 Å². The second-order valence-electron chi connectivity index (χ2n) is 10.1. The number of nitrogens with zero attached hydrogens (tertiary/aromatic N) is 1. The Hall–Kier alpha value is -0.530. The summed E-state index contributed by atoms with van der Waals surface area (Å²) >= 11 is 2.73. The molecule has 0 bridgehead atoms. The maximum Gasteiger partial charge on any atom is 0.144 e. The molecule has 1 aromatic rings. The normalized spacial score (nSPS) is 12.5. The predicted molar refractivity (Wildman–Crippen MR) is 157 cm³/mol. The second-order valence-corrected chi connectivity index (χ2v) is 11.5. The molecule has 1 atom stereocenters. The van der Waals surface area contributed by atoms with Crippen LogP contribution in [0.4, 0.5) is 0 Å². The third-order valence-electron chi connectivity index (χ3n) is 7.16. The molecule has 0 aromatic heterocycles. The smallest absolute Gasteiger partial charge is 0.144 e. The summed E-state index contributed by atoms with van der Waals surface area (Å²) in [5, 5.41) is 0.